The summed E-state index contributed by atoms with van der Waals surface area (Å²) >= 11 is 0. The Kier molecular flexibility index (Phi) is 8.37. The zero-order chi connectivity index (χ0) is 19.1. The topological polar surface area (TPSA) is 44.5 Å². The van der Waals surface area contributed by atoms with Gasteiger partial charge in [0.25, 0.3) is 0 Å². The van der Waals surface area contributed by atoms with Crippen molar-refractivity contribution in [2.45, 2.75) is 32.7 Å². The third-order valence-electron chi connectivity index (χ3n) is 4.39. The fourth-order valence-corrected chi connectivity index (χ4v) is 2.83. The molecule has 0 fully saturated rings. The number of nitrogens with two attached hydrogens (primary N) is 1. The standard InChI is InChI=1S/C24H27NO2.ClH/c1-18(2)13-15-22(25)19-14-16-23(26-20-9-5-3-6-10-20)24(17-19)27-21-11-7-4-8-12-21;/h3-12,14,16-18,22H,13,15,25H2,1-2H3;1H/t22-;/m1./s1. The van der Waals surface area contributed by atoms with Crippen LogP contribution in [0.4, 0.5) is 0 Å². The third kappa shape index (κ3) is 6.29. The molecule has 0 aromatic heterocycles. The number of para-hydroxylation sites is 2. The molecule has 3 aromatic carbocycles. The summed E-state index contributed by atoms with van der Waals surface area (Å²) < 4.78 is 12.2. The number of ether oxygens (including phenoxy) is 2. The van der Waals surface area contributed by atoms with Gasteiger partial charge in [-0.3, -0.25) is 0 Å². The fourth-order valence-electron chi connectivity index (χ4n) is 2.83. The molecule has 3 rings (SSSR count). The molecule has 0 amide bonds. The van der Waals surface area contributed by atoms with Crippen LogP contribution in [0.2, 0.25) is 0 Å². The van der Waals surface area contributed by atoms with Crippen molar-refractivity contribution in [3.63, 3.8) is 0 Å². The average molecular weight is 398 g/mol. The molecule has 3 aromatic rings. The second-order valence-corrected chi connectivity index (χ2v) is 7.11. The van der Waals surface area contributed by atoms with Gasteiger partial charge in [0.1, 0.15) is 11.5 Å². The lowest BCUT2D eigenvalue weighted by Gasteiger charge is -2.17. The molecule has 0 saturated carbocycles. The summed E-state index contributed by atoms with van der Waals surface area (Å²) in [5.41, 5.74) is 7.47. The van der Waals surface area contributed by atoms with Crippen molar-refractivity contribution in [1.82, 2.24) is 0 Å². The summed E-state index contributed by atoms with van der Waals surface area (Å²) in [7, 11) is 0. The molecule has 1 atom stereocenters. The van der Waals surface area contributed by atoms with Crippen LogP contribution < -0.4 is 15.2 Å². The van der Waals surface area contributed by atoms with E-state index in [0.717, 1.165) is 29.9 Å². The highest BCUT2D eigenvalue weighted by molar-refractivity contribution is 5.85. The number of rotatable bonds is 8. The summed E-state index contributed by atoms with van der Waals surface area (Å²) in [5, 5.41) is 0. The second kappa shape index (κ2) is 10.7. The highest BCUT2D eigenvalue weighted by Crippen LogP contribution is 2.37. The van der Waals surface area contributed by atoms with Crippen LogP contribution in [0.25, 0.3) is 0 Å². The third-order valence-corrected chi connectivity index (χ3v) is 4.39. The molecule has 2 N–H and O–H groups in total. The zero-order valence-corrected chi connectivity index (χ0v) is 17.2. The molecule has 0 heterocycles. The predicted molar refractivity (Wildman–Crippen MR) is 118 cm³/mol. The maximum atomic E-state index is 6.41. The Bertz CT molecular complexity index is 838. The maximum absolute atomic E-state index is 6.41. The van der Waals surface area contributed by atoms with E-state index in [2.05, 4.69) is 13.8 Å². The van der Waals surface area contributed by atoms with E-state index in [-0.39, 0.29) is 18.4 Å². The van der Waals surface area contributed by atoms with E-state index in [4.69, 9.17) is 15.2 Å². The highest BCUT2D eigenvalue weighted by Gasteiger charge is 2.14. The van der Waals surface area contributed by atoms with Gasteiger partial charge in [0.2, 0.25) is 0 Å². The van der Waals surface area contributed by atoms with Crippen molar-refractivity contribution in [1.29, 1.82) is 0 Å². The van der Waals surface area contributed by atoms with Gasteiger partial charge in [0, 0.05) is 6.04 Å². The smallest absolute Gasteiger partial charge is 0.170 e. The first kappa shape index (κ1) is 21.8. The number of hydrogen-bond donors (Lipinski definition) is 1. The summed E-state index contributed by atoms with van der Waals surface area (Å²) in [6.07, 6.45) is 2.04. The Hall–Kier alpha value is -2.49. The number of halogens is 1. The Labute approximate surface area is 173 Å². The van der Waals surface area contributed by atoms with E-state index in [1.54, 1.807) is 0 Å². The van der Waals surface area contributed by atoms with Crippen LogP contribution in [0.5, 0.6) is 23.0 Å². The van der Waals surface area contributed by atoms with E-state index >= 15 is 0 Å². The van der Waals surface area contributed by atoms with Gasteiger partial charge < -0.3 is 15.2 Å². The van der Waals surface area contributed by atoms with Gasteiger partial charge in [0.05, 0.1) is 0 Å². The van der Waals surface area contributed by atoms with Crippen LogP contribution in [0.3, 0.4) is 0 Å². The molecule has 28 heavy (non-hydrogen) atoms. The SMILES string of the molecule is CC(C)CC[C@@H](N)c1ccc(Oc2ccccc2)c(Oc2ccccc2)c1.Cl. The lowest BCUT2D eigenvalue weighted by Crippen LogP contribution is -2.11. The Morgan fingerprint density at radius 2 is 1.25 bits per heavy atom. The molecular formula is C24H28ClNO2. The summed E-state index contributed by atoms with van der Waals surface area (Å²) in [6.45, 7) is 4.43. The van der Waals surface area contributed by atoms with Crippen LogP contribution in [0, 0.1) is 5.92 Å². The average Bonchev–Trinajstić information content (AvgIpc) is 2.69. The van der Waals surface area contributed by atoms with Crippen LogP contribution >= 0.6 is 12.4 Å². The summed E-state index contributed by atoms with van der Waals surface area (Å²) in [5.74, 6) is 3.51. The molecule has 0 aliphatic rings. The van der Waals surface area contributed by atoms with Gasteiger partial charge in [-0.05, 0) is 60.7 Å². The predicted octanol–water partition coefficient (Wildman–Crippen LogP) is 7.13. The maximum Gasteiger partial charge on any atom is 0.170 e. The largest absolute Gasteiger partial charge is 0.453 e. The van der Waals surface area contributed by atoms with E-state index in [0.29, 0.717) is 17.4 Å². The molecule has 3 nitrogen and oxygen atoms in total. The van der Waals surface area contributed by atoms with Gasteiger partial charge >= 0.3 is 0 Å². The normalized spacial score (nSPS) is 11.6. The van der Waals surface area contributed by atoms with Gasteiger partial charge in [0.15, 0.2) is 11.5 Å². The quantitative estimate of drug-likeness (QED) is 0.439. The Morgan fingerprint density at radius 3 is 1.79 bits per heavy atom. The van der Waals surface area contributed by atoms with Crippen molar-refractivity contribution >= 4 is 12.4 Å². The van der Waals surface area contributed by atoms with Crippen LogP contribution in [-0.2, 0) is 0 Å². The molecule has 0 aliphatic heterocycles. The highest BCUT2D eigenvalue weighted by atomic mass is 35.5. The van der Waals surface area contributed by atoms with Crippen LogP contribution in [0.1, 0.15) is 38.3 Å². The minimum Gasteiger partial charge on any atom is -0.453 e. The van der Waals surface area contributed by atoms with Gasteiger partial charge in [-0.1, -0.05) is 56.3 Å². The molecule has 0 bridgehead atoms. The molecule has 0 radical (unpaired) electrons. The Balaban J connectivity index is 0.00000280. The van der Waals surface area contributed by atoms with Crippen molar-refractivity contribution in [2.24, 2.45) is 11.7 Å². The molecule has 0 unspecified atom stereocenters. The van der Waals surface area contributed by atoms with Gasteiger partial charge in [-0.15, -0.1) is 12.4 Å². The van der Waals surface area contributed by atoms with Crippen molar-refractivity contribution in [3.8, 4) is 23.0 Å². The molecule has 0 aliphatic carbocycles. The molecular weight excluding hydrogens is 370 g/mol. The van der Waals surface area contributed by atoms with E-state index < -0.39 is 0 Å². The minimum atomic E-state index is -0.0173. The lowest BCUT2D eigenvalue weighted by molar-refractivity contribution is 0.417. The van der Waals surface area contributed by atoms with Crippen molar-refractivity contribution < 1.29 is 9.47 Å². The van der Waals surface area contributed by atoms with Gasteiger partial charge in [-0.2, -0.15) is 0 Å². The minimum absolute atomic E-state index is 0. The first-order valence-electron chi connectivity index (χ1n) is 9.47. The monoisotopic (exact) mass is 397 g/mol. The summed E-state index contributed by atoms with van der Waals surface area (Å²) in [4.78, 5) is 0. The summed E-state index contributed by atoms with van der Waals surface area (Å²) in [6, 6.07) is 25.4. The molecule has 4 heteroatoms. The molecule has 0 spiro atoms. The molecule has 0 saturated heterocycles. The first-order chi connectivity index (χ1) is 13.1. The second-order valence-electron chi connectivity index (χ2n) is 7.11. The Morgan fingerprint density at radius 1 is 0.714 bits per heavy atom. The molecule has 148 valence electrons. The van der Waals surface area contributed by atoms with E-state index in [1.807, 2.05) is 78.9 Å². The van der Waals surface area contributed by atoms with Gasteiger partial charge in [-0.25, -0.2) is 0 Å². The lowest BCUT2D eigenvalue weighted by atomic mass is 9.98. The van der Waals surface area contributed by atoms with Crippen LogP contribution in [0.15, 0.2) is 78.9 Å². The van der Waals surface area contributed by atoms with Crippen LogP contribution in [-0.4, -0.2) is 0 Å². The van der Waals surface area contributed by atoms with Crippen molar-refractivity contribution in [2.75, 3.05) is 0 Å². The zero-order valence-electron chi connectivity index (χ0n) is 16.4. The number of benzene rings is 3. The van der Waals surface area contributed by atoms with E-state index in [9.17, 15) is 0 Å². The fraction of sp³-hybridized carbons (Fsp3) is 0.250. The van der Waals surface area contributed by atoms with E-state index in [1.165, 1.54) is 0 Å². The van der Waals surface area contributed by atoms with Crippen molar-refractivity contribution in [3.05, 3.63) is 84.4 Å². The first-order valence-corrected chi connectivity index (χ1v) is 9.47. The number of hydrogen-bond acceptors (Lipinski definition) is 3.